The third-order valence-corrected chi connectivity index (χ3v) is 9.49. The van der Waals surface area contributed by atoms with Crippen LogP contribution in [0.2, 0.25) is 0 Å². The first-order valence-corrected chi connectivity index (χ1v) is 15.7. The van der Waals surface area contributed by atoms with Crippen LogP contribution in [0, 0.1) is 30.6 Å². The van der Waals surface area contributed by atoms with Crippen LogP contribution in [0.5, 0.6) is 11.5 Å². The van der Waals surface area contributed by atoms with Gasteiger partial charge in [-0.05, 0) is 125 Å². The summed E-state index contributed by atoms with van der Waals surface area (Å²) in [4.78, 5) is 26.3. The average molecular weight is 560 g/mol. The summed E-state index contributed by atoms with van der Waals surface area (Å²) in [7, 11) is 3.30. The van der Waals surface area contributed by atoms with Gasteiger partial charge >= 0.3 is 0 Å². The number of aryl methyl sites for hydroxylation is 2. The van der Waals surface area contributed by atoms with Gasteiger partial charge in [-0.2, -0.15) is 0 Å². The predicted molar refractivity (Wildman–Crippen MR) is 167 cm³/mol. The van der Waals surface area contributed by atoms with Gasteiger partial charge in [0.05, 0.1) is 14.2 Å². The molecule has 5 heteroatoms. The van der Waals surface area contributed by atoms with Crippen molar-refractivity contribution in [2.45, 2.75) is 85.0 Å². The van der Waals surface area contributed by atoms with Gasteiger partial charge in [-0.3, -0.25) is 9.59 Å². The number of nitrogens with one attached hydrogen (secondary N) is 1. The lowest BCUT2D eigenvalue weighted by molar-refractivity contribution is -0.119. The smallest absolute Gasteiger partial charge is 0.166 e. The predicted octanol–water partition coefficient (Wildman–Crippen LogP) is 8.17. The number of benzene rings is 2. The van der Waals surface area contributed by atoms with Crippen molar-refractivity contribution in [3.05, 3.63) is 64.7 Å². The van der Waals surface area contributed by atoms with Crippen LogP contribution in [-0.4, -0.2) is 32.3 Å². The maximum Gasteiger partial charge on any atom is 0.166 e. The zero-order valence-corrected chi connectivity index (χ0v) is 25.8. The molecule has 2 aliphatic rings. The van der Waals surface area contributed by atoms with Crippen LogP contribution in [0.25, 0.3) is 0 Å². The molecular weight excluding hydrogens is 510 g/mol. The lowest BCUT2D eigenvalue weighted by atomic mass is 9.68. The summed E-state index contributed by atoms with van der Waals surface area (Å²) in [5, 5.41) is 3.43. The molecule has 222 valence electrons. The molecule has 2 aromatic rings. The van der Waals surface area contributed by atoms with Crippen LogP contribution in [0.15, 0.2) is 42.5 Å². The van der Waals surface area contributed by atoms with Crippen molar-refractivity contribution in [2.24, 2.45) is 23.7 Å². The average Bonchev–Trinajstić information content (AvgIpc) is 3.00. The number of Topliss-reactive ketones (excluding diaryl/α,β-unsaturated/α-hetero) is 1. The van der Waals surface area contributed by atoms with E-state index in [1.807, 2.05) is 25.1 Å². The Morgan fingerprint density at radius 1 is 0.878 bits per heavy atom. The Labute approximate surface area is 247 Å². The molecule has 0 unspecified atom stereocenters. The first kappa shape index (κ1) is 30.9. The summed E-state index contributed by atoms with van der Waals surface area (Å²) in [5.74, 6) is 3.74. The number of methoxy groups -OCH3 is 2. The number of hydrogen-bond acceptors (Lipinski definition) is 5. The number of carbonyl (C=O) groups is 2. The molecule has 0 spiro atoms. The van der Waals surface area contributed by atoms with E-state index in [1.165, 1.54) is 5.56 Å². The number of anilines is 1. The number of hydrogen-bond donors (Lipinski definition) is 1. The summed E-state index contributed by atoms with van der Waals surface area (Å²) in [6.07, 6.45) is 13.9. The van der Waals surface area contributed by atoms with Gasteiger partial charge in [0.1, 0.15) is 0 Å². The van der Waals surface area contributed by atoms with Gasteiger partial charge in [0, 0.05) is 29.6 Å². The number of allylic oxidation sites excluding steroid dienone is 2. The zero-order chi connectivity index (χ0) is 29.4. The van der Waals surface area contributed by atoms with E-state index in [-0.39, 0.29) is 17.6 Å². The maximum atomic E-state index is 13.3. The van der Waals surface area contributed by atoms with Gasteiger partial charge in [0.25, 0.3) is 0 Å². The molecule has 0 amide bonds. The van der Waals surface area contributed by atoms with Gasteiger partial charge in [0.15, 0.2) is 23.1 Å². The molecule has 0 bridgehead atoms. The Kier molecular flexibility index (Phi) is 11.1. The second-order valence-electron chi connectivity index (χ2n) is 12.0. The van der Waals surface area contributed by atoms with E-state index >= 15 is 0 Å². The van der Waals surface area contributed by atoms with Crippen molar-refractivity contribution < 1.29 is 19.1 Å². The third-order valence-electron chi connectivity index (χ3n) is 9.49. The molecule has 2 fully saturated rings. The SMILES string of the molecule is CCNc1cc(C(=O)C2CCC(C3CCC(C(=O)/C=C\Cc4cc(C)c(OC)c(OC)c4)CC3)CC2)ccc1CC. The van der Waals surface area contributed by atoms with E-state index in [1.54, 1.807) is 20.3 Å². The van der Waals surface area contributed by atoms with Gasteiger partial charge < -0.3 is 14.8 Å². The minimum absolute atomic E-state index is 0.143. The molecule has 0 aliphatic heterocycles. The van der Waals surface area contributed by atoms with E-state index in [4.69, 9.17) is 9.47 Å². The Balaban J connectivity index is 1.23. The number of ketones is 2. The molecule has 0 saturated heterocycles. The molecule has 2 aliphatic carbocycles. The summed E-state index contributed by atoms with van der Waals surface area (Å²) in [6.45, 7) is 7.12. The highest BCUT2D eigenvalue weighted by Gasteiger charge is 2.34. The maximum absolute atomic E-state index is 13.3. The Bertz CT molecular complexity index is 1220. The van der Waals surface area contributed by atoms with Crippen LogP contribution in [0.4, 0.5) is 5.69 Å². The molecule has 2 saturated carbocycles. The zero-order valence-electron chi connectivity index (χ0n) is 25.8. The molecule has 0 aromatic heterocycles. The highest BCUT2D eigenvalue weighted by Crippen LogP contribution is 2.42. The largest absolute Gasteiger partial charge is 0.493 e. The van der Waals surface area contributed by atoms with E-state index in [0.29, 0.717) is 24.0 Å². The Hall–Kier alpha value is -3.08. The van der Waals surface area contributed by atoms with Crippen molar-refractivity contribution in [3.63, 3.8) is 0 Å². The van der Waals surface area contributed by atoms with E-state index in [9.17, 15) is 9.59 Å². The molecule has 0 atom stereocenters. The lowest BCUT2D eigenvalue weighted by Gasteiger charge is -2.37. The molecule has 4 rings (SSSR count). The molecule has 2 aromatic carbocycles. The molecule has 5 nitrogen and oxygen atoms in total. The van der Waals surface area contributed by atoms with Crippen molar-refractivity contribution in [2.75, 3.05) is 26.1 Å². The molecular formula is C36H49NO4. The normalized spacial score (nSPS) is 22.9. The first-order chi connectivity index (χ1) is 19.9. The number of ether oxygens (including phenoxy) is 2. The van der Waals surface area contributed by atoms with Crippen molar-refractivity contribution in [1.82, 2.24) is 0 Å². The standard InChI is InChI=1S/C36H49NO4/c1-6-26-11-20-31(23-32(26)37-7-2)35(39)30-18-14-28(15-19-30)27-12-16-29(17-13-27)33(38)10-8-9-25-21-24(3)36(41-5)34(22-25)40-4/h8,10-11,20-23,27-30,37H,6-7,9,12-19H2,1-5H3/b10-8-. The van der Waals surface area contributed by atoms with E-state index in [0.717, 1.165) is 98.2 Å². The summed E-state index contributed by atoms with van der Waals surface area (Å²) < 4.78 is 10.9. The van der Waals surface area contributed by atoms with E-state index in [2.05, 4.69) is 37.4 Å². The highest BCUT2D eigenvalue weighted by molar-refractivity contribution is 5.99. The fourth-order valence-electron chi connectivity index (χ4n) is 7.15. The summed E-state index contributed by atoms with van der Waals surface area (Å²) >= 11 is 0. The number of rotatable bonds is 12. The van der Waals surface area contributed by atoms with Crippen molar-refractivity contribution in [1.29, 1.82) is 0 Å². The number of carbonyl (C=O) groups excluding carboxylic acids is 2. The molecule has 0 radical (unpaired) electrons. The van der Waals surface area contributed by atoms with Crippen LogP contribution in [-0.2, 0) is 17.6 Å². The Morgan fingerprint density at radius 3 is 2.12 bits per heavy atom. The second-order valence-corrected chi connectivity index (χ2v) is 12.0. The van der Waals surface area contributed by atoms with Crippen LogP contribution >= 0.6 is 0 Å². The molecule has 0 heterocycles. The third kappa shape index (κ3) is 7.61. The van der Waals surface area contributed by atoms with Gasteiger partial charge in [-0.25, -0.2) is 0 Å². The summed E-state index contributed by atoms with van der Waals surface area (Å²) in [5.41, 5.74) is 5.37. The van der Waals surface area contributed by atoms with Crippen LogP contribution in [0.1, 0.15) is 92.3 Å². The minimum atomic E-state index is 0.143. The Morgan fingerprint density at radius 2 is 1.54 bits per heavy atom. The lowest BCUT2D eigenvalue weighted by Crippen LogP contribution is -2.29. The monoisotopic (exact) mass is 559 g/mol. The quantitative estimate of drug-likeness (QED) is 0.210. The highest BCUT2D eigenvalue weighted by atomic mass is 16.5. The topological polar surface area (TPSA) is 64.6 Å². The minimum Gasteiger partial charge on any atom is -0.493 e. The van der Waals surface area contributed by atoms with Crippen LogP contribution < -0.4 is 14.8 Å². The van der Waals surface area contributed by atoms with E-state index < -0.39 is 0 Å². The van der Waals surface area contributed by atoms with Crippen molar-refractivity contribution >= 4 is 17.3 Å². The summed E-state index contributed by atoms with van der Waals surface area (Å²) in [6, 6.07) is 10.3. The fraction of sp³-hybridized carbons (Fsp3) is 0.556. The molecule has 41 heavy (non-hydrogen) atoms. The van der Waals surface area contributed by atoms with Gasteiger partial charge in [-0.15, -0.1) is 0 Å². The second kappa shape index (κ2) is 14.7. The van der Waals surface area contributed by atoms with Crippen molar-refractivity contribution in [3.8, 4) is 11.5 Å². The first-order valence-electron chi connectivity index (χ1n) is 15.7. The fourth-order valence-corrected chi connectivity index (χ4v) is 7.15. The van der Waals surface area contributed by atoms with Gasteiger partial charge in [0.2, 0.25) is 0 Å². The molecule has 1 N–H and O–H groups in total. The van der Waals surface area contributed by atoms with Gasteiger partial charge in [-0.1, -0.05) is 31.2 Å². The van der Waals surface area contributed by atoms with Crippen LogP contribution in [0.3, 0.4) is 0 Å².